The van der Waals surface area contributed by atoms with E-state index in [1.807, 2.05) is 18.6 Å². The van der Waals surface area contributed by atoms with Gasteiger partial charge in [0.15, 0.2) is 0 Å². The second kappa shape index (κ2) is 14.3. The monoisotopic (exact) mass is 518 g/mol. The van der Waals surface area contributed by atoms with E-state index in [0.29, 0.717) is 26.2 Å². The first-order valence-electron chi connectivity index (χ1n) is 11.9. The lowest BCUT2D eigenvalue weighted by atomic mass is 10.1. The molecule has 0 fully saturated rings. The van der Waals surface area contributed by atoms with Crippen LogP contribution < -0.4 is 10.0 Å². The maximum Gasteiger partial charge on any atom is 0.269 e. The van der Waals surface area contributed by atoms with E-state index in [9.17, 15) is 22.8 Å². The molecule has 2 aromatic rings. The molecule has 0 aliphatic rings. The fourth-order valence-electron chi connectivity index (χ4n) is 3.25. The maximum absolute atomic E-state index is 13.0. The van der Waals surface area contributed by atoms with Crippen molar-refractivity contribution in [2.75, 3.05) is 33.4 Å². The number of carbonyl (C=O) groups excluding carboxylic acids is 3. The normalized spacial score (nSPS) is 11.1. The highest BCUT2D eigenvalue weighted by atomic mass is 32.2. The summed E-state index contributed by atoms with van der Waals surface area (Å²) in [5.41, 5.74) is 0.278. The molecule has 0 unspecified atom stereocenters. The molecule has 0 atom stereocenters. The van der Waals surface area contributed by atoms with Crippen molar-refractivity contribution in [3.05, 3.63) is 59.4 Å². The predicted octanol–water partition coefficient (Wildman–Crippen LogP) is 2.62. The van der Waals surface area contributed by atoms with Gasteiger partial charge in [-0.15, -0.1) is 0 Å². The third kappa shape index (κ3) is 8.42. The Balaban J connectivity index is 2.13. The lowest BCUT2D eigenvalue weighted by Gasteiger charge is -2.22. The van der Waals surface area contributed by atoms with E-state index in [-0.39, 0.29) is 27.6 Å². The average Bonchev–Trinajstić information content (AvgIpc) is 2.88. The maximum atomic E-state index is 13.0. The van der Waals surface area contributed by atoms with Gasteiger partial charge in [-0.2, -0.15) is 0 Å². The van der Waals surface area contributed by atoms with E-state index in [1.165, 1.54) is 37.4 Å². The number of unbranched alkanes of at least 4 members (excludes halogenated alkanes) is 2. The lowest BCUT2D eigenvalue weighted by molar-refractivity contribution is 0.0750. The molecule has 0 aliphatic carbocycles. The third-order valence-corrected chi connectivity index (χ3v) is 6.65. The molecule has 0 spiro atoms. The third-order valence-electron chi connectivity index (χ3n) is 5.32. The van der Waals surface area contributed by atoms with Crippen LogP contribution in [0.4, 0.5) is 0 Å². The van der Waals surface area contributed by atoms with E-state index in [0.717, 1.165) is 31.9 Å². The summed E-state index contributed by atoms with van der Waals surface area (Å²) in [6.07, 6.45) is 4.70. The van der Waals surface area contributed by atoms with E-state index in [1.54, 1.807) is 11.0 Å². The Labute approximate surface area is 212 Å². The molecular formula is C25H34N4O6S. The van der Waals surface area contributed by atoms with Crippen molar-refractivity contribution >= 4 is 27.7 Å². The zero-order valence-corrected chi connectivity index (χ0v) is 21.8. The smallest absolute Gasteiger partial charge is 0.269 e. The summed E-state index contributed by atoms with van der Waals surface area (Å²) in [5, 5.41) is 2.60. The fraction of sp³-hybridized carbons (Fsp3) is 0.440. The molecule has 0 saturated heterocycles. The Morgan fingerprint density at radius 3 is 2.25 bits per heavy atom. The Kier molecular flexibility index (Phi) is 11.5. The first-order valence-corrected chi connectivity index (χ1v) is 13.4. The van der Waals surface area contributed by atoms with Gasteiger partial charge >= 0.3 is 0 Å². The highest BCUT2D eigenvalue weighted by molar-refractivity contribution is 7.90. The van der Waals surface area contributed by atoms with Gasteiger partial charge in [0.05, 0.1) is 17.1 Å². The van der Waals surface area contributed by atoms with Crippen LogP contribution in [0.15, 0.2) is 47.5 Å². The number of rotatable bonds is 14. The minimum absolute atomic E-state index is 0.0375. The Morgan fingerprint density at radius 2 is 1.67 bits per heavy atom. The number of nitrogens with zero attached hydrogens (tertiary/aromatic N) is 2. The minimum Gasteiger partial charge on any atom is -0.383 e. The van der Waals surface area contributed by atoms with Gasteiger partial charge in [-0.25, -0.2) is 13.1 Å². The number of ether oxygens (including phenoxy) is 1. The van der Waals surface area contributed by atoms with Gasteiger partial charge in [-0.1, -0.05) is 32.8 Å². The second-order valence-corrected chi connectivity index (χ2v) is 9.82. The summed E-state index contributed by atoms with van der Waals surface area (Å²) >= 11 is 0. The quantitative estimate of drug-likeness (QED) is 0.367. The summed E-state index contributed by atoms with van der Waals surface area (Å²) in [6, 6.07) is 8.26. The number of nitrogens with one attached hydrogen (secondary N) is 2. The van der Waals surface area contributed by atoms with E-state index < -0.39 is 21.8 Å². The topological polar surface area (TPSA) is 135 Å². The van der Waals surface area contributed by atoms with Gasteiger partial charge in [0.25, 0.3) is 27.7 Å². The van der Waals surface area contributed by atoms with Crippen molar-refractivity contribution in [1.29, 1.82) is 0 Å². The number of amides is 3. The van der Waals surface area contributed by atoms with Gasteiger partial charge in [-0.3, -0.25) is 19.4 Å². The summed E-state index contributed by atoms with van der Waals surface area (Å²) in [4.78, 5) is 43.1. The molecule has 0 bridgehead atoms. The Hall–Kier alpha value is -3.31. The summed E-state index contributed by atoms with van der Waals surface area (Å²) in [7, 11) is -2.75. The van der Waals surface area contributed by atoms with Crippen molar-refractivity contribution in [3.63, 3.8) is 0 Å². The molecule has 1 aromatic carbocycles. The summed E-state index contributed by atoms with van der Waals surface area (Å²) in [5.74, 6) is -1.60. The zero-order valence-electron chi connectivity index (χ0n) is 21.0. The minimum atomic E-state index is -4.26. The number of hydrogen-bond acceptors (Lipinski definition) is 7. The molecule has 36 heavy (non-hydrogen) atoms. The molecule has 0 aliphatic heterocycles. The van der Waals surface area contributed by atoms with Crippen LogP contribution >= 0.6 is 0 Å². The molecule has 1 heterocycles. The first-order chi connectivity index (χ1) is 17.2. The number of hydrogen-bond donors (Lipinski definition) is 2. The largest absolute Gasteiger partial charge is 0.383 e. The molecule has 0 saturated carbocycles. The highest BCUT2D eigenvalue weighted by Gasteiger charge is 2.22. The van der Waals surface area contributed by atoms with Crippen molar-refractivity contribution < 1.29 is 27.5 Å². The van der Waals surface area contributed by atoms with E-state index >= 15 is 0 Å². The van der Waals surface area contributed by atoms with Gasteiger partial charge in [0.1, 0.15) is 5.69 Å². The second-order valence-electron chi connectivity index (χ2n) is 8.14. The standard InChI is InChI=1S/C25H34N4O6S/c1-4-6-14-29(15-7-5-2)25(32)19-9-8-10-21(17-19)36(33,34)28-23(30)20-11-12-22(27-18-20)24(31)26-13-16-35-3/h8-12,17-18H,4-7,13-16H2,1-3H3,(H,26,31)(H,28,30). The molecule has 11 heteroatoms. The average molecular weight is 519 g/mol. The number of pyridine rings is 1. The number of aromatic nitrogens is 1. The van der Waals surface area contributed by atoms with Crippen molar-refractivity contribution in [3.8, 4) is 0 Å². The molecule has 0 radical (unpaired) electrons. The molecule has 3 amide bonds. The SMILES string of the molecule is CCCCN(CCCC)C(=O)c1cccc(S(=O)(=O)NC(=O)c2ccc(C(=O)NCCOC)nc2)c1. The van der Waals surface area contributed by atoms with Crippen LogP contribution in [0.25, 0.3) is 0 Å². The van der Waals surface area contributed by atoms with Gasteiger partial charge in [0, 0.05) is 38.5 Å². The van der Waals surface area contributed by atoms with Crippen LogP contribution in [0, 0.1) is 0 Å². The summed E-state index contributed by atoms with van der Waals surface area (Å²) in [6.45, 7) is 5.91. The Bertz CT molecular complexity index is 1130. The number of methoxy groups -OCH3 is 1. The molecule has 2 N–H and O–H groups in total. The molecular weight excluding hydrogens is 484 g/mol. The first kappa shape index (κ1) is 28.9. The van der Waals surface area contributed by atoms with E-state index in [2.05, 4.69) is 10.3 Å². The Morgan fingerprint density at radius 1 is 0.972 bits per heavy atom. The lowest BCUT2D eigenvalue weighted by Crippen LogP contribution is -2.33. The summed E-state index contributed by atoms with van der Waals surface area (Å²) < 4.78 is 32.6. The van der Waals surface area contributed by atoms with Gasteiger partial charge in [0.2, 0.25) is 0 Å². The molecule has 10 nitrogen and oxygen atoms in total. The number of benzene rings is 1. The van der Waals surface area contributed by atoms with Crippen LogP contribution in [0.1, 0.15) is 70.7 Å². The van der Waals surface area contributed by atoms with Gasteiger partial charge < -0.3 is 15.0 Å². The van der Waals surface area contributed by atoms with Crippen LogP contribution in [-0.4, -0.2) is 69.4 Å². The molecule has 2 rings (SSSR count). The molecule has 196 valence electrons. The number of carbonyl (C=O) groups is 3. The number of sulfonamides is 1. The predicted molar refractivity (Wildman–Crippen MR) is 135 cm³/mol. The highest BCUT2D eigenvalue weighted by Crippen LogP contribution is 2.15. The van der Waals surface area contributed by atoms with Crippen molar-refractivity contribution in [2.24, 2.45) is 0 Å². The van der Waals surface area contributed by atoms with E-state index in [4.69, 9.17) is 4.74 Å². The van der Waals surface area contributed by atoms with Crippen molar-refractivity contribution in [2.45, 2.75) is 44.4 Å². The molecule has 1 aromatic heterocycles. The van der Waals surface area contributed by atoms with Crippen LogP contribution in [0.2, 0.25) is 0 Å². The van der Waals surface area contributed by atoms with Crippen molar-refractivity contribution in [1.82, 2.24) is 19.9 Å². The van der Waals surface area contributed by atoms with Gasteiger partial charge in [-0.05, 0) is 43.2 Å². The van der Waals surface area contributed by atoms with Crippen LogP contribution in [0.3, 0.4) is 0 Å². The van der Waals surface area contributed by atoms with Crippen LogP contribution in [0.5, 0.6) is 0 Å². The zero-order chi connectivity index (χ0) is 26.6. The van der Waals surface area contributed by atoms with Crippen LogP contribution in [-0.2, 0) is 14.8 Å². The fourth-order valence-corrected chi connectivity index (χ4v) is 4.27.